The van der Waals surface area contributed by atoms with E-state index in [0.717, 1.165) is 12.0 Å². The van der Waals surface area contributed by atoms with Crippen molar-refractivity contribution in [3.8, 4) is 11.5 Å². The van der Waals surface area contributed by atoms with Crippen molar-refractivity contribution in [1.29, 1.82) is 0 Å². The zero-order valence-corrected chi connectivity index (χ0v) is 15.4. The third-order valence-corrected chi connectivity index (χ3v) is 4.66. The van der Waals surface area contributed by atoms with Crippen LogP contribution in [0.2, 0.25) is 0 Å². The number of rotatable bonds is 11. The molecule has 0 aliphatic rings. The molecule has 0 heterocycles. The number of carbonyl (C=O) groups is 1. The Morgan fingerprint density at radius 1 is 1.21 bits per heavy atom. The molecule has 0 bridgehead atoms. The van der Waals surface area contributed by atoms with Gasteiger partial charge in [-0.25, -0.2) is 0 Å². The van der Waals surface area contributed by atoms with Crippen molar-refractivity contribution < 1.29 is 24.1 Å². The van der Waals surface area contributed by atoms with Crippen molar-refractivity contribution in [3.63, 3.8) is 0 Å². The molecule has 1 aromatic rings. The van der Waals surface area contributed by atoms with Crippen LogP contribution in [0, 0.1) is 11.3 Å². The van der Waals surface area contributed by atoms with Crippen LogP contribution in [0.1, 0.15) is 39.2 Å². The van der Waals surface area contributed by atoms with Crippen LogP contribution in [0.25, 0.3) is 0 Å². The standard InChI is InChI=1S/C19H30O5/c1-6-19(14(2)3,18(20)21)13-15-8-9-16(23-5)17(12-15)24-11-7-10-22-4/h8-9,12,14H,6-7,10-11,13H2,1-5H3,(H,20,21). The second kappa shape index (κ2) is 9.52. The summed E-state index contributed by atoms with van der Waals surface area (Å²) in [5.41, 5.74) is 0.164. The predicted octanol–water partition coefficient (Wildman–Crippen LogP) is 3.79. The number of carboxylic acids is 1. The van der Waals surface area contributed by atoms with Gasteiger partial charge in [-0.15, -0.1) is 0 Å². The minimum absolute atomic E-state index is 0.0353. The maximum absolute atomic E-state index is 11.9. The monoisotopic (exact) mass is 338 g/mol. The molecule has 0 radical (unpaired) electrons. The zero-order chi connectivity index (χ0) is 18.2. The normalized spacial score (nSPS) is 13.6. The minimum atomic E-state index is -0.776. The average Bonchev–Trinajstić information content (AvgIpc) is 2.56. The minimum Gasteiger partial charge on any atom is -0.493 e. The molecule has 0 aliphatic carbocycles. The Morgan fingerprint density at radius 3 is 2.42 bits per heavy atom. The molecular formula is C19H30O5. The maximum Gasteiger partial charge on any atom is 0.310 e. The molecule has 136 valence electrons. The molecule has 0 aromatic heterocycles. The first-order valence-electron chi connectivity index (χ1n) is 8.43. The van der Waals surface area contributed by atoms with Gasteiger partial charge >= 0.3 is 5.97 Å². The van der Waals surface area contributed by atoms with Crippen LogP contribution in [-0.4, -0.2) is 38.5 Å². The predicted molar refractivity (Wildman–Crippen MR) is 93.9 cm³/mol. The Labute approximate surface area is 144 Å². The van der Waals surface area contributed by atoms with E-state index in [0.29, 0.717) is 37.6 Å². The molecule has 0 amide bonds. The molecule has 0 saturated heterocycles. The highest BCUT2D eigenvalue weighted by Crippen LogP contribution is 2.38. The lowest BCUT2D eigenvalue weighted by Gasteiger charge is -2.32. The maximum atomic E-state index is 11.9. The summed E-state index contributed by atoms with van der Waals surface area (Å²) in [7, 11) is 3.25. The number of benzene rings is 1. The Kier molecular flexibility index (Phi) is 8.05. The van der Waals surface area contributed by atoms with Crippen molar-refractivity contribution in [3.05, 3.63) is 23.8 Å². The molecule has 0 fully saturated rings. The first-order chi connectivity index (χ1) is 11.4. The van der Waals surface area contributed by atoms with Crippen LogP contribution in [0.3, 0.4) is 0 Å². The highest BCUT2D eigenvalue weighted by atomic mass is 16.5. The largest absolute Gasteiger partial charge is 0.493 e. The van der Waals surface area contributed by atoms with E-state index in [1.807, 2.05) is 39.0 Å². The SMILES string of the molecule is CCC(Cc1ccc(OC)c(OCCCOC)c1)(C(=O)O)C(C)C. The number of hydrogen-bond acceptors (Lipinski definition) is 4. The second-order valence-corrected chi connectivity index (χ2v) is 6.33. The van der Waals surface area contributed by atoms with Crippen molar-refractivity contribution >= 4 is 5.97 Å². The number of hydrogen-bond donors (Lipinski definition) is 1. The summed E-state index contributed by atoms with van der Waals surface area (Å²) in [4.78, 5) is 11.9. The lowest BCUT2D eigenvalue weighted by atomic mass is 9.71. The third-order valence-electron chi connectivity index (χ3n) is 4.66. The number of aliphatic carboxylic acids is 1. The van der Waals surface area contributed by atoms with Crippen LogP contribution in [0.5, 0.6) is 11.5 Å². The summed E-state index contributed by atoms with van der Waals surface area (Å²) in [6.07, 6.45) is 1.83. The Hall–Kier alpha value is -1.75. The fraction of sp³-hybridized carbons (Fsp3) is 0.632. The highest BCUT2D eigenvalue weighted by molar-refractivity contribution is 5.75. The molecular weight excluding hydrogens is 308 g/mol. The van der Waals surface area contributed by atoms with E-state index >= 15 is 0 Å². The van der Waals surface area contributed by atoms with E-state index in [2.05, 4.69) is 0 Å². The van der Waals surface area contributed by atoms with Crippen LogP contribution in [0.15, 0.2) is 18.2 Å². The summed E-state index contributed by atoms with van der Waals surface area (Å²) in [6.45, 7) is 7.01. The summed E-state index contributed by atoms with van der Waals surface area (Å²) in [6, 6.07) is 5.64. The van der Waals surface area contributed by atoms with Crippen LogP contribution < -0.4 is 9.47 Å². The van der Waals surface area contributed by atoms with Gasteiger partial charge in [-0.3, -0.25) is 4.79 Å². The van der Waals surface area contributed by atoms with Gasteiger partial charge in [0.2, 0.25) is 0 Å². The molecule has 5 nitrogen and oxygen atoms in total. The lowest BCUT2D eigenvalue weighted by molar-refractivity contribution is -0.152. The van der Waals surface area contributed by atoms with Crippen LogP contribution in [0.4, 0.5) is 0 Å². The molecule has 1 N–H and O–H groups in total. The number of ether oxygens (including phenoxy) is 3. The summed E-state index contributed by atoms with van der Waals surface area (Å²) in [5.74, 6) is 0.579. The summed E-state index contributed by atoms with van der Waals surface area (Å²) >= 11 is 0. The van der Waals surface area contributed by atoms with Crippen molar-refractivity contribution in [1.82, 2.24) is 0 Å². The number of methoxy groups -OCH3 is 2. The third kappa shape index (κ3) is 4.87. The van der Waals surface area contributed by atoms with Crippen molar-refractivity contribution in [2.75, 3.05) is 27.4 Å². The van der Waals surface area contributed by atoms with Gasteiger partial charge in [0.25, 0.3) is 0 Å². The average molecular weight is 338 g/mol. The summed E-state index contributed by atoms with van der Waals surface area (Å²) < 4.78 is 16.1. The van der Waals surface area contributed by atoms with Gasteiger partial charge in [0, 0.05) is 20.1 Å². The molecule has 24 heavy (non-hydrogen) atoms. The molecule has 1 unspecified atom stereocenters. The van der Waals surface area contributed by atoms with Crippen LogP contribution >= 0.6 is 0 Å². The smallest absolute Gasteiger partial charge is 0.310 e. The highest BCUT2D eigenvalue weighted by Gasteiger charge is 2.40. The Bertz CT molecular complexity index is 526. The van der Waals surface area contributed by atoms with Gasteiger partial charge in [0.05, 0.1) is 19.1 Å². The van der Waals surface area contributed by atoms with Gasteiger partial charge in [-0.2, -0.15) is 0 Å². The lowest BCUT2D eigenvalue weighted by Crippen LogP contribution is -2.38. The molecule has 5 heteroatoms. The van der Waals surface area contributed by atoms with E-state index in [1.165, 1.54) is 0 Å². The van der Waals surface area contributed by atoms with E-state index in [-0.39, 0.29) is 5.92 Å². The molecule has 1 atom stereocenters. The Morgan fingerprint density at radius 2 is 1.92 bits per heavy atom. The Balaban J connectivity index is 3.01. The fourth-order valence-electron chi connectivity index (χ4n) is 2.90. The van der Waals surface area contributed by atoms with Crippen molar-refractivity contribution in [2.45, 2.75) is 40.0 Å². The van der Waals surface area contributed by atoms with E-state index in [1.54, 1.807) is 14.2 Å². The topological polar surface area (TPSA) is 65.0 Å². The van der Waals surface area contributed by atoms with Gasteiger partial charge < -0.3 is 19.3 Å². The van der Waals surface area contributed by atoms with Gasteiger partial charge in [0.15, 0.2) is 11.5 Å². The molecule has 0 saturated carbocycles. The van der Waals surface area contributed by atoms with Crippen LogP contribution in [-0.2, 0) is 16.0 Å². The molecule has 1 rings (SSSR count). The first kappa shape index (κ1) is 20.3. The number of carboxylic acid groups (broad SMARTS) is 1. The van der Waals surface area contributed by atoms with E-state index in [4.69, 9.17) is 14.2 Å². The van der Waals surface area contributed by atoms with Gasteiger partial charge in [-0.1, -0.05) is 26.8 Å². The zero-order valence-electron chi connectivity index (χ0n) is 15.4. The van der Waals surface area contributed by atoms with Gasteiger partial charge in [-0.05, 0) is 36.5 Å². The molecule has 0 aliphatic heterocycles. The fourth-order valence-corrected chi connectivity index (χ4v) is 2.90. The quantitative estimate of drug-likeness (QED) is 0.622. The van der Waals surface area contributed by atoms with Crippen molar-refractivity contribution in [2.24, 2.45) is 11.3 Å². The van der Waals surface area contributed by atoms with Gasteiger partial charge in [0.1, 0.15) is 0 Å². The molecule has 1 aromatic carbocycles. The first-order valence-corrected chi connectivity index (χ1v) is 8.43. The van der Waals surface area contributed by atoms with E-state index in [9.17, 15) is 9.90 Å². The molecule has 0 spiro atoms. The summed E-state index contributed by atoms with van der Waals surface area (Å²) in [5, 5.41) is 9.76. The second-order valence-electron chi connectivity index (χ2n) is 6.33. The van der Waals surface area contributed by atoms with E-state index < -0.39 is 11.4 Å².